The molecule has 19 heavy (non-hydrogen) atoms. The number of anilines is 1. The van der Waals surface area contributed by atoms with Gasteiger partial charge in [0.1, 0.15) is 5.75 Å². The first-order valence-corrected chi connectivity index (χ1v) is 6.07. The Kier molecular flexibility index (Phi) is 3.78. The van der Waals surface area contributed by atoms with Gasteiger partial charge in [0.15, 0.2) is 5.69 Å². The minimum absolute atomic E-state index is 0.249. The number of nitrogens with two attached hydrogens (primary N) is 1. The Balaban J connectivity index is 2.30. The number of hydrogen-bond acceptors (Lipinski definition) is 4. The van der Waals surface area contributed by atoms with E-state index in [0.717, 1.165) is 3.57 Å². The van der Waals surface area contributed by atoms with Crippen LogP contribution in [0, 0.1) is 3.57 Å². The molecule has 1 aromatic carbocycles. The summed E-state index contributed by atoms with van der Waals surface area (Å²) in [4.78, 5) is 6.73. The Labute approximate surface area is 120 Å². The Morgan fingerprint density at radius 2 is 1.74 bits per heavy atom. The van der Waals surface area contributed by atoms with E-state index < -0.39 is 17.8 Å². The number of nitrogens with zero attached hydrogens (tertiary/aromatic N) is 2. The second kappa shape index (κ2) is 5.19. The molecular weight excluding hydrogens is 374 g/mol. The molecule has 0 aliphatic carbocycles. The summed E-state index contributed by atoms with van der Waals surface area (Å²) in [5, 5.41) is 0. The number of nitrogen functional groups attached to an aromatic ring is 1. The van der Waals surface area contributed by atoms with E-state index in [1.54, 1.807) is 24.3 Å². The highest BCUT2D eigenvalue weighted by Crippen LogP contribution is 2.31. The predicted molar refractivity (Wildman–Crippen MR) is 70.7 cm³/mol. The quantitative estimate of drug-likeness (QED) is 0.810. The van der Waals surface area contributed by atoms with Gasteiger partial charge in [-0.15, -0.1) is 0 Å². The number of benzene rings is 1. The number of ether oxygens (including phenoxy) is 1. The summed E-state index contributed by atoms with van der Waals surface area (Å²) in [6.45, 7) is 0. The molecule has 0 amide bonds. The Morgan fingerprint density at radius 1 is 1.11 bits per heavy atom. The van der Waals surface area contributed by atoms with Crippen molar-refractivity contribution in [2.75, 3.05) is 5.73 Å². The van der Waals surface area contributed by atoms with Crippen LogP contribution < -0.4 is 10.5 Å². The van der Waals surface area contributed by atoms with Crippen molar-refractivity contribution < 1.29 is 17.9 Å². The summed E-state index contributed by atoms with van der Waals surface area (Å²) in [6.07, 6.45) is -4.60. The van der Waals surface area contributed by atoms with Gasteiger partial charge in [-0.25, -0.2) is 4.98 Å². The average Bonchev–Trinajstić information content (AvgIpc) is 2.30. The first-order chi connectivity index (χ1) is 8.84. The highest BCUT2D eigenvalue weighted by molar-refractivity contribution is 14.1. The molecule has 0 atom stereocenters. The molecule has 0 fully saturated rings. The maximum atomic E-state index is 12.5. The minimum atomic E-state index is -4.60. The first-order valence-electron chi connectivity index (χ1n) is 5.00. The van der Waals surface area contributed by atoms with Crippen LogP contribution >= 0.6 is 22.6 Å². The van der Waals surface area contributed by atoms with Gasteiger partial charge in [-0.2, -0.15) is 18.2 Å². The van der Waals surface area contributed by atoms with E-state index in [1.807, 2.05) is 0 Å². The van der Waals surface area contributed by atoms with E-state index >= 15 is 0 Å². The van der Waals surface area contributed by atoms with Crippen LogP contribution in [-0.2, 0) is 6.18 Å². The second-order valence-corrected chi connectivity index (χ2v) is 4.75. The summed E-state index contributed by atoms with van der Waals surface area (Å²) in [6, 6.07) is 7.45. The molecule has 1 aromatic heterocycles. The lowest BCUT2D eigenvalue weighted by Crippen LogP contribution is -2.11. The van der Waals surface area contributed by atoms with Gasteiger partial charge in [0.25, 0.3) is 0 Å². The molecule has 100 valence electrons. The van der Waals surface area contributed by atoms with E-state index in [0.29, 0.717) is 11.8 Å². The normalized spacial score (nSPS) is 11.4. The predicted octanol–water partition coefficient (Wildman–Crippen LogP) is 3.47. The van der Waals surface area contributed by atoms with Crippen molar-refractivity contribution in [3.05, 3.63) is 39.6 Å². The zero-order valence-electron chi connectivity index (χ0n) is 9.28. The van der Waals surface area contributed by atoms with Crippen LogP contribution in [0.2, 0.25) is 0 Å². The van der Waals surface area contributed by atoms with Gasteiger partial charge < -0.3 is 10.5 Å². The molecule has 0 saturated carbocycles. The van der Waals surface area contributed by atoms with Gasteiger partial charge in [-0.1, -0.05) is 0 Å². The van der Waals surface area contributed by atoms with E-state index in [4.69, 9.17) is 10.5 Å². The number of aromatic nitrogens is 2. The van der Waals surface area contributed by atoms with Crippen molar-refractivity contribution in [3.63, 3.8) is 0 Å². The van der Waals surface area contributed by atoms with Crippen molar-refractivity contribution >= 4 is 28.5 Å². The molecule has 0 aliphatic rings. The molecule has 0 bridgehead atoms. The molecule has 2 aromatic rings. The van der Waals surface area contributed by atoms with Gasteiger partial charge in [-0.05, 0) is 46.9 Å². The van der Waals surface area contributed by atoms with Crippen LogP contribution in [0.1, 0.15) is 5.69 Å². The number of hydrogen-bond donors (Lipinski definition) is 1. The van der Waals surface area contributed by atoms with Gasteiger partial charge in [0, 0.05) is 9.64 Å². The molecule has 0 spiro atoms. The Morgan fingerprint density at radius 3 is 2.32 bits per heavy atom. The van der Waals surface area contributed by atoms with Crippen molar-refractivity contribution in [3.8, 4) is 11.6 Å². The lowest BCUT2D eigenvalue weighted by atomic mass is 10.3. The van der Waals surface area contributed by atoms with Crippen LogP contribution in [0.5, 0.6) is 11.6 Å². The SMILES string of the molecule is Nc1nc(Oc2ccc(I)cc2)cc(C(F)(F)F)n1. The lowest BCUT2D eigenvalue weighted by molar-refractivity contribution is -0.141. The van der Waals surface area contributed by atoms with Crippen molar-refractivity contribution in [2.45, 2.75) is 6.18 Å². The molecule has 0 unspecified atom stereocenters. The largest absolute Gasteiger partial charge is 0.439 e. The molecule has 8 heteroatoms. The van der Waals surface area contributed by atoms with Crippen LogP contribution in [0.3, 0.4) is 0 Å². The highest BCUT2D eigenvalue weighted by atomic mass is 127. The summed E-state index contributed by atoms with van der Waals surface area (Å²) in [5.74, 6) is -0.372. The number of halogens is 4. The molecule has 1 heterocycles. The van der Waals surface area contributed by atoms with E-state index in [2.05, 4.69) is 32.6 Å². The maximum absolute atomic E-state index is 12.5. The van der Waals surface area contributed by atoms with Crippen LogP contribution in [0.4, 0.5) is 19.1 Å². The third kappa shape index (κ3) is 3.69. The zero-order chi connectivity index (χ0) is 14.0. The van der Waals surface area contributed by atoms with E-state index in [9.17, 15) is 13.2 Å². The third-order valence-electron chi connectivity index (χ3n) is 2.05. The van der Waals surface area contributed by atoms with Crippen molar-refractivity contribution in [2.24, 2.45) is 0 Å². The third-order valence-corrected chi connectivity index (χ3v) is 2.77. The average molecular weight is 381 g/mol. The summed E-state index contributed by atoms with van der Waals surface area (Å²) in [7, 11) is 0. The fraction of sp³-hybridized carbons (Fsp3) is 0.0909. The molecule has 0 saturated heterocycles. The Hall–Kier alpha value is -1.58. The number of alkyl halides is 3. The van der Waals surface area contributed by atoms with Crippen LogP contribution in [-0.4, -0.2) is 9.97 Å². The van der Waals surface area contributed by atoms with E-state index in [-0.39, 0.29) is 5.88 Å². The Bertz CT molecular complexity index is 587. The number of rotatable bonds is 2. The standard InChI is InChI=1S/C11H7F3IN3O/c12-11(13,14)8-5-9(18-10(16)17-8)19-7-3-1-6(15)2-4-7/h1-5H,(H2,16,17,18). The van der Waals surface area contributed by atoms with Gasteiger partial charge in [0.2, 0.25) is 11.8 Å². The monoisotopic (exact) mass is 381 g/mol. The highest BCUT2D eigenvalue weighted by Gasteiger charge is 2.33. The first kappa shape index (κ1) is 13.8. The summed E-state index contributed by atoms with van der Waals surface area (Å²) >= 11 is 2.10. The minimum Gasteiger partial charge on any atom is -0.439 e. The fourth-order valence-electron chi connectivity index (χ4n) is 1.26. The van der Waals surface area contributed by atoms with Gasteiger partial charge >= 0.3 is 6.18 Å². The fourth-order valence-corrected chi connectivity index (χ4v) is 1.62. The lowest BCUT2D eigenvalue weighted by Gasteiger charge is -2.09. The molecule has 2 N–H and O–H groups in total. The zero-order valence-corrected chi connectivity index (χ0v) is 11.4. The molecule has 2 rings (SSSR count). The van der Waals surface area contributed by atoms with Gasteiger partial charge in [0.05, 0.1) is 0 Å². The summed E-state index contributed by atoms with van der Waals surface area (Å²) in [5.41, 5.74) is 4.09. The topological polar surface area (TPSA) is 61.0 Å². The second-order valence-electron chi connectivity index (χ2n) is 3.50. The van der Waals surface area contributed by atoms with Gasteiger partial charge in [-0.3, -0.25) is 0 Å². The summed E-state index contributed by atoms with van der Waals surface area (Å²) < 4.78 is 43.8. The maximum Gasteiger partial charge on any atom is 0.433 e. The van der Waals surface area contributed by atoms with Crippen molar-refractivity contribution in [1.82, 2.24) is 9.97 Å². The van der Waals surface area contributed by atoms with Crippen LogP contribution in [0.15, 0.2) is 30.3 Å². The van der Waals surface area contributed by atoms with Crippen LogP contribution in [0.25, 0.3) is 0 Å². The van der Waals surface area contributed by atoms with E-state index in [1.165, 1.54) is 0 Å². The molecule has 0 aliphatic heterocycles. The van der Waals surface area contributed by atoms with Crippen molar-refractivity contribution in [1.29, 1.82) is 0 Å². The molecule has 0 radical (unpaired) electrons. The molecule has 4 nitrogen and oxygen atoms in total. The molecular formula is C11H7F3IN3O. The smallest absolute Gasteiger partial charge is 0.433 e.